The summed E-state index contributed by atoms with van der Waals surface area (Å²) in [6.45, 7) is 0. The molecule has 20 heavy (non-hydrogen) atoms. The average Bonchev–Trinajstić information content (AvgIpc) is 2.41. The van der Waals surface area contributed by atoms with E-state index < -0.39 is 10.0 Å². The van der Waals surface area contributed by atoms with Crippen LogP contribution >= 0.6 is 27.7 Å². The third-order valence-electron chi connectivity index (χ3n) is 2.58. The lowest BCUT2D eigenvalue weighted by Gasteiger charge is -2.08. The van der Waals surface area contributed by atoms with E-state index in [9.17, 15) is 8.42 Å². The first-order valence-electron chi connectivity index (χ1n) is 5.69. The Morgan fingerprint density at radius 3 is 2.55 bits per heavy atom. The Morgan fingerprint density at radius 1 is 1.20 bits per heavy atom. The smallest absolute Gasteiger partial charge is 0.240 e. The van der Waals surface area contributed by atoms with Crippen molar-refractivity contribution in [2.45, 2.75) is 14.7 Å². The number of nitrogens with two attached hydrogens (primary N) is 1. The highest BCUT2D eigenvalue weighted by Gasteiger charge is 2.13. The molecule has 0 unspecified atom stereocenters. The van der Waals surface area contributed by atoms with Gasteiger partial charge in [0.1, 0.15) is 0 Å². The average molecular weight is 373 g/mol. The SMILES string of the molecule is CNS(=O)(=O)c1ccc(Sc2cccc(Br)c2)c(N)c1. The van der Waals surface area contributed by atoms with Gasteiger partial charge in [0, 0.05) is 20.0 Å². The van der Waals surface area contributed by atoms with Gasteiger partial charge >= 0.3 is 0 Å². The Hall–Kier alpha value is -1.02. The zero-order chi connectivity index (χ0) is 14.8. The van der Waals surface area contributed by atoms with Crippen molar-refractivity contribution in [2.24, 2.45) is 0 Å². The molecule has 0 saturated carbocycles. The summed E-state index contributed by atoms with van der Waals surface area (Å²) in [5.74, 6) is 0. The van der Waals surface area contributed by atoms with Gasteiger partial charge in [-0.05, 0) is 43.4 Å². The monoisotopic (exact) mass is 372 g/mol. The van der Waals surface area contributed by atoms with Crippen LogP contribution in [0, 0.1) is 0 Å². The minimum atomic E-state index is -3.46. The summed E-state index contributed by atoms with van der Waals surface area (Å²) < 4.78 is 26.6. The van der Waals surface area contributed by atoms with E-state index in [0.29, 0.717) is 5.69 Å². The highest BCUT2D eigenvalue weighted by molar-refractivity contribution is 9.10. The summed E-state index contributed by atoms with van der Waals surface area (Å²) in [6, 6.07) is 12.5. The van der Waals surface area contributed by atoms with Gasteiger partial charge in [0.2, 0.25) is 10.0 Å². The van der Waals surface area contributed by atoms with Crippen LogP contribution in [0.5, 0.6) is 0 Å². The molecule has 0 atom stereocenters. The van der Waals surface area contributed by atoms with Crippen LogP contribution in [0.3, 0.4) is 0 Å². The van der Waals surface area contributed by atoms with Crippen molar-refractivity contribution in [1.82, 2.24) is 4.72 Å². The van der Waals surface area contributed by atoms with Gasteiger partial charge in [0.05, 0.1) is 4.90 Å². The molecule has 0 aliphatic rings. The fraction of sp³-hybridized carbons (Fsp3) is 0.0769. The fourth-order valence-electron chi connectivity index (χ4n) is 1.56. The van der Waals surface area contributed by atoms with Gasteiger partial charge in [-0.25, -0.2) is 13.1 Å². The zero-order valence-electron chi connectivity index (χ0n) is 10.6. The van der Waals surface area contributed by atoms with E-state index in [2.05, 4.69) is 20.7 Å². The van der Waals surface area contributed by atoms with Crippen molar-refractivity contribution in [3.8, 4) is 0 Å². The van der Waals surface area contributed by atoms with Crippen LogP contribution in [0.25, 0.3) is 0 Å². The number of sulfonamides is 1. The molecule has 4 nitrogen and oxygen atoms in total. The van der Waals surface area contributed by atoms with Crippen molar-refractivity contribution in [2.75, 3.05) is 12.8 Å². The first kappa shape index (κ1) is 15.4. The number of rotatable bonds is 4. The van der Waals surface area contributed by atoms with Crippen LogP contribution in [-0.2, 0) is 10.0 Å². The zero-order valence-corrected chi connectivity index (χ0v) is 13.8. The number of benzene rings is 2. The molecule has 3 N–H and O–H groups in total. The van der Waals surface area contributed by atoms with Gasteiger partial charge in [-0.1, -0.05) is 33.8 Å². The van der Waals surface area contributed by atoms with Crippen LogP contribution in [0.1, 0.15) is 0 Å². The van der Waals surface area contributed by atoms with Crippen LogP contribution in [0.2, 0.25) is 0 Å². The summed E-state index contributed by atoms with van der Waals surface area (Å²) in [4.78, 5) is 2.00. The Morgan fingerprint density at radius 2 is 1.95 bits per heavy atom. The number of hydrogen-bond donors (Lipinski definition) is 2. The minimum Gasteiger partial charge on any atom is -0.398 e. The van der Waals surface area contributed by atoms with Gasteiger partial charge in [0.15, 0.2) is 0 Å². The first-order chi connectivity index (χ1) is 9.42. The number of nitrogen functional groups attached to an aromatic ring is 1. The molecule has 0 aliphatic heterocycles. The van der Waals surface area contributed by atoms with Crippen LogP contribution in [0.15, 0.2) is 61.6 Å². The van der Waals surface area contributed by atoms with Crippen molar-refractivity contribution in [1.29, 1.82) is 0 Å². The Balaban J connectivity index is 2.31. The second-order valence-electron chi connectivity index (χ2n) is 3.97. The summed E-state index contributed by atoms with van der Waals surface area (Å²) in [6.07, 6.45) is 0. The molecular weight excluding hydrogens is 360 g/mol. The van der Waals surface area contributed by atoms with Crippen LogP contribution in [-0.4, -0.2) is 15.5 Å². The van der Waals surface area contributed by atoms with Gasteiger partial charge in [-0.15, -0.1) is 0 Å². The molecule has 0 saturated heterocycles. The third kappa shape index (κ3) is 3.54. The van der Waals surface area contributed by atoms with Crippen LogP contribution in [0.4, 0.5) is 5.69 Å². The second-order valence-corrected chi connectivity index (χ2v) is 7.88. The minimum absolute atomic E-state index is 0.163. The van der Waals surface area contributed by atoms with E-state index >= 15 is 0 Å². The summed E-state index contributed by atoms with van der Waals surface area (Å²) in [5.41, 5.74) is 6.37. The Bertz CT molecular complexity index is 733. The Kier molecular flexibility index (Phi) is 4.74. The van der Waals surface area contributed by atoms with E-state index in [1.54, 1.807) is 12.1 Å². The first-order valence-corrected chi connectivity index (χ1v) is 8.78. The molecule has 0 bridgehead atoms. The molecule has 0 aliphatic carbocycles. The predicted molar refractivity (Wildman–Crippen MR) is 85.4 cm³/mol. The van der Waals surface area contributed by atoms with Crippen molar-refractivity contribution >= 4 is 43.4 Å². The van der Waals surface area contributed by atoms with Gasteiger partial charge in [0.25, 0.3) is 0 Å². The molecule has 0 radical (unpaired) electrons. The topological polar surface area (TPSA) is 72.2 Å². The molecule has 7 heteroatoms. The highest BCUT2D eigenvalue weighted by atomic mass is 79.9. The molecule has 2 rings (SSSR count). The summed E-state index contributed by atoms with van der Waals surface area (Å²) >= 11 is 4.89. The molecule has 0 aromatic heterocycles. The fourth-order valence-corrected chi connectivity index (χ4v) is 3.78. The molecule has 106 valence electrons. The van der Waals surface area contributed by atoms with Crippen LogP contribution < -0.4 is 10.5 Å². The molecule has 2 aromatic carbocycles. The van der Waals surface area contributed by atoms with Crippen molar-refractivity contribution < 1.29 is 8.42 Å². The third-order valence-corrected chi connectivity index (χ3v) is 5.57. The van der Waals surface area contributed by atoms with Crippen molar-refractivity contribution in [3.05, 3.63) is 46.9 Å². The molecular formula is C13H13BrN2O2S2. The maximum absolute atomic E-state index is 11.7. The van der Waals surface area contributed by atoms with E-state index in [0.717, 1.165) is 14.3 Å². The Labute approximate surface area is 130 Å². The summed E-state index contributed by atoms with van der Waals surface area (Å²) in [5, 5.41) is 0. The number of hydrogen-bond acceptors (Lipinski definition) is 4. The maximum Gasteiger partial charge on any atom is 0.240 e. The highest BCUT2D eigenvalue weighted by Crippen LogP contribution is 2.34. The number of anilines is 1. The molecule has 2 aromatic rings. The van der Waals surface area contributed by atoms with E-state index in [4.69, 9.17) is 5.73 Å². The normalized spacial score (nSPS) is 11.5. The standard InChI is InChI=1S/C13H13BrN2O2S2/c1-16-20(17,18)11-5-6-13(12(15)8-11)19-10-4-2-3-9(14)7-10/h2-8,16H,15H2,1H3. The molecule has 0 heterocycles. The maximum atomic E-state index is 11.7. The molecule has 0 spiro atoms. The van der Waals surface area contributed by atoms with E-state index in [1.807, 2.05) is 24.3 Å². The predicted octanol–water partition coefficient (Wildman–Crippen LogP) is 3.09. The second kappa shape index (κ2) is 6.17. The lowest BCUT2D eigenvalue weighted by Crippen LogP contribution is -2.18. The number of nitrogens with one attached hydrogen (secondary N) is 1. The lowest BCUT2D eigenvalue weighted by atomic mass is 10.3. The van der Waals surface area contributed by atoms with Gasteiger partial charge < -0.3 is 5.73 Å². The lowest BCUT2D eigenvalue weighted by molar-refractivity contribution is 0.588. The van der Waals surface area contributed by atoms with E-state index in [1.165, 1.54) is 24.9 Å². The van der Waals surface area contributed by atoms with Crippen molar-refractivity contribution in [3.63, 3.8) is 0 Å². The van der Waals surface area contributed by atoms with Gasteiger partial charge in [-0.2, -0.15) is 0 Å². The van der Waals surface area contributed by atoms with E-state index in [-0.39, 0.29) is 4.90 Å². The summed E-state index contributed by atoms with van der Waals surface area (Å²) in [7, 11) is -2.09. The quantitative estimate of drug-likeness (QED) is 0.808. The largest absolute Gasteiger partial charge is 0.398 e. The molecule has 0 fully saturated rings. The molecule has 0 amide bonds. The number of halogens is 1. The van der Waals surface area contributed by atoms with Gasteiger partial charge in [-0.3, -0.25) is 0 Å².